The van der Waals surface area contributed by atoms with Gasteiger partial charge < -0.3 is 73.8 Å². The summed E-state index contributed by atoms with van der Waals surface area (Å²) in [6.07, 6.45) is 15.3. The Morgan fingerprint density at radius 2 is 0.464 bits per heavy atom. The van der Waals surface area contributed by atoms with Gasteiger partial charge in [0.15, 0.2) is 0 Å². The molecular weight excluding hydrogens is 1760 g/mol. The van der Waals surface area contributed by atoms with Gasteiger partial charge in [-0.1, -0.05) is 123 Å². The smallest absolute Gasteiger partial charge is 0.338 e. The highest BCUT2D eigenvalue weighted by Gasteiger charge is 2.32. The van der Waals surface area contributed by atoms with Gasteiger partial charge in [-0.15, -0.1) is 0 Å². The molecule has 4 aromatic rings. The van der Waals surface area contributed by atoms with Gasteiger partial charge in [0.2, 0.25) is 0 Å². The minimum absolute atomic E-state index is 0.00694. The summed E-state index contributed by atoms with van der Waals surface area (Å²) >= 11 is 0. The average molecular weight is 1970 g/mol. The molecular formula is C110H208F3N9O16+8. The summed E-state index contributed by atoms with van der Waals surface area (Å²) in [6.45, 7) is 83.0. The summed E-state index contributed by atoms with van der Waals surface area (Å²) in [4.78, 5) is 94.2. The lowest BCUT2D eigenvalue weighted by molar-refractivity contribution is -0.929. The van der Waals surface area contributed by atoms with Gasteiger partial charge in [0.25, 0.3) is 0 Å². The molecule has 0 aliphatic rings. The number of likely N-dealkylation sites (N-methyl/N-ethyl adjacent to an activating group) is 8. The Labute approximate surface area is 840 Å². The van der Waals surface area contributed by atoms with Crippen molar-refractivity contribution in [2.75, 3.05) is 260 Å². The van der Waals surface area contributed by atoms with Crippen LogP contribution in [-0.2, 0) is 57.1 Å². The van der Waals surface area contributed by atoms with Crippen molar-refractivity contribution in [1.29, 1.82) is 0 Å². The number of hydrogen-bond acceptors (Lipinski definition) is 17. The molecule has 6 atom stereocenters. The van der Waals surface area contributed by atoms with Crippen molar-refractivity contribution in [2.24, 2.45) is 0 Å². The molecule has 0 amide bonds. The quantitative estimate of drug-likeness (QED) is 0.0228. The van der Waals surface area contributed by atoms with Gasteiger partial charge in [0.05, 0.1) is 204 Å². The molecule has 0 aliphatic heterocycles. The van der Waals surface area contributed by atoms with E-state index in [0.29, 0.717) is 70.2 Å². The number of unbranched alkanes of at least 4 members (excludes halogenated alkanes) is 2. The molecule has 0 saturated heterocycles. The highest BCUT2D eigenvalue weighted by molar-refractivity contribution is 5.90. The number of carbonyl (C=O) groups excluding carboxylic acids is 8. The fourth-order valence-electron chi connectivity index (χ4n) is 16.8. The van der Waals surface area contributed by atoms with Crippen molar-refractivity contribution < 1.29 is 125 Å². The maximum Gasteiger partial charge on any atom is 0.338 e. The number of esters is 8. The van der Waals surface area contributed by atoms with Crippen LogP contribution < -0.4 is 0 Å². The van der Waals surface area contributed by atoms with E-state index in [1.807, 2.05) is 82.3 Å². The van der Waals surface area contributed by atoms with E-state index in [4.69, 9.17) is 37.9 Å². The minimum Gasteiger partial charge on any atom is -0.457 e. The number of quaternary nitrogens is 8. The highest BCUT2D eigenvalue weighted by atomic mass is 19.1. The van der Waals surface area contributed by atoms with E-state index in [1.54, 1.807) is 60.9 Å². The second-order valence-electron chi connectivity index (χ2n) is 37.5. The molecule has 0 bridgehead atoms. The van der Waals surface area contributed by atoms with Crippen LogP contribution in [0.3, 0.4) is 0 Å². The van der Waals surface area contributed by atoms with Crippen molar-refractivity contribution in [1.82, 2.24) is 4.98 Å². The van der Waals surface area contributed by atoms with Crippen LogP contribution in [0.25, 0.3) is 0 Å². The zero-order valence-corrected chi connectivity index (χ0v) is 94.3. The molecule has 0 radical (unpaired) electrons. The average Bonchev–Trinajstić information content (AvgIpc) is 0.859. The van der Waals surface area contributed by atoms with E-state index in [-0.39, 0.29) is 72.2 Å². The SMILES string of the molecule is CC(=O)OC(C)C[N+](C)(C)C.CCCC[N+](CC)(CCC)CC(C)OC(C)=O.CCCC[N+](CC)(CCC)CCOC(=O)c1ccncc1.CCC[N+](CC)(CCC)CC(C)OC(C)=O.CCC[N+](CC)(CCC)CCOC(=O)c1ccccc1.CC[N+](CC)(CC)CC(C)OC(C)=O.CC[N+](CC)(CC)CCOC(=O)c1ccccc1.CF.CF.CF.C[N+](C)(C)CCOC(=O)c1ccccc1. The predicted octanol–water partition coefficient (Wildman–Crippen LogP) is 20.9. The second-order valence-corrected chi connectivity index (χ2v) is 37.5. The number of benzene rings is 3. The third-order valence-electron chi connectivity index (χ3n) is 24.4. The normalized spacial score (nSPS) is 12.7. The van der Waals surface area contributed by atoms with Crippen LogP contribution in [0.15, 0.2) is 116 Å². The maximum atomic E-state index is 11.9. The van der Waals surface area contributed by atoms with Gasteiger partial charge in [-0.05, 0) is 197 Å². The summed E-state index contributed by atoms with van der Waals surface area (Å²) in [5.41, 5.74) is 2.44. The number of pyridine rings is 1. The van der Waals surface area contributed by atoms with E-state index in [0.717, 1.165) is 180 Å². The van der Waals surface area contributed by atoms with Crippen LogP contribution in [0.2, 0.25) is 0 Å². The second kappa shape index (κ2) is 86.9. The number of nitrogens with zero attached hydrogens (tertiary/aromatic N) is 9. The van der Waals surface area contributed by atoms with Gasteiger partial charge in [-0.3, -0.25) is 37.3 Å². The lowest BCUT2D eigenvalue weighted by atomic mass is 10.2. The van der Waals surface area contributed by atoms with E-state index >= 15 is 0 Å². The van der Waals surface area contributed by atoms with Crippen LogP contribution in [0.4, 0.5) is 13.2 Å². The fraction of sp³-hybridized carbons (Fsp3) is 0.718. The summed E-state index contributed by atoms with van der Waals surface area (Å²) in [6, 6.07) is 30.8. The zero-order chi connectivity index (χ0) is 107. The maximum absolute atomic E-state index is 11.9. The van der Waals surface area contributed by atoms with Crippen LogP contribution in [-0.4, -0.2) is 373 Å². The van der Waals surface area contributed by atoms with Crippen molar-refractivity contribution in [3.8, 4) is 0 Å². The first-order valence-electron chi connectivity index (χ1n) is 51.6. The van der Waals surface area contributed by atoms with Crippen LogP contribution >= 0.6 is 0 Å². The van der Waals surface area contributed by atoms with Gasteiger partial charge >= 0.3 is 47.8 Å². The summed E-state index contributed by atoms with van der Waals surface area (Å²) in [7, 11) is 13.9. The molecule has 0 fully saturated rings. The predicted molar refractivity (Wildman–Crippen MR) is 563 cm³/mol. The topological polar surface area (TPSA) is 223 Å². The largest absolute Gasteiger partial charge is 0.457 e. The Balaban J connectivity index is -0.000000283. The third-order valence-corrected chi connectivity index (χ3v) is 24.4. The molecule has 138 heavy (non-hydrogen) atoms. The molecule has 802 valence electrons. The van der Waals surface area contributed by atoms with Crippen LogP contribution in [0, 0.1) is 0 Å². The van der Waals surface area contributed by atoms with Crippen molar-refractivity contribution in [3.05, 3.63) is 138 Å². The number of ether oxygens (including phenoxy) is 8. The Bertz CT molecular complexity index is 3560. The van der Waals surface area contributed by atoms with Crippen LogP contribution in [0.5, 0.6) is 0 Å². The van der Waals surface area contributed by atoms with Crippen molar-refractivity contribution in [3.63, 3.8) is 0 Å². The molecule has 1 heterocycles. The first-order valence-corrected chi connectivity index (χ1v) is 51.6. The summed E-state index contributed by atoms with van der Waals surface area (Å²) < 4.78 is 78.4. The standard InChI is InChI=1S/C17H29N2O2.C17H28NO2.C15H24NO2.C14H30NO2.C13H28NO2.C12H18NO2.C11H24NO2.C8H18NO2.3CH3F/c1-4-7-13-19(6-3,12-5-2)14-15-21-17(20)16-8-10-18-11-9-16;1-4-12-18(6-3,13-5-2)14-15-20-17(19)16-10-8-7-9-11-16;1-4-16(5-2,6-3)12-13-18-15(17)14-10-8-7-9-11-14;1-6-9-11-15(8-3,10-7-2)12-13(4)17-14(5)16;1-6-9-14(8-3,10-7-2)11-12(4)16-13(5)15;1-13(2,3)9-10-15-12(14)11-7-5-4-6-8-11;1-6-12(7-2,8-3)9-10(4)14-11(5)13;1-7(11-8(2)10)6-9(3,4)5;3*1-2/h8-11H,4-7,12-15H2,1-3H3;7-11H,4-6,12-15H2,1-3H3;7-11H,4-6,12-13H2,1-3H3;13H,6-12H2,1-5H3;12H,6-11H2,1-5H3;4-8H,9-10H2,1-3H3;10H,6-9H2,1-5H3;7H,6H2,1-5H3;3*1H3/q8*+1;;;. The number of halogens is 3. The molecule has 28 heteroatoms. The Morgan fingerprint density at radius 3 is 0.696 bits per heavy atom. The number of alkyl halides is 3. The number of hydrogen-bond donors (Lipinski definition) is 0. The highest BCUT2D eigenvalue weighted by Crippen LogP contribution is 2.19. The molecule has 0 spiro atoms. The molecule has 25 nitrogen and oxygen atoms in total. The molecule has 0 saturated carbocycles. The van der Waals surface area contributed by atoms with Gasteiger partial charge in [0, 0.05) is 40.1 Å². The Morgan fingerprint density at radius 1 is 0.254 bits per heavy atom. The third kappa shape index (κ3) is 73.2. The number of aromatic nitrogens is 1. The summed E-state index contributed by atoms with van der Waals surface area (Å²) in [5, 5.41) is 0. The van der Waals surface area contributed by atoms with E-state index in [1.165, 1.54) is 118 Å². The Hall–Kier alpha value is -7.96. The molecule has 4 rings (SSSR count). The van der Waals surface area contributed by atoms with Gasteiger partial charge in [-0.25, -0.2) is 19.2 Å². The number of rotatable bonds is 56. The van der Waals surface area contributed by atoms with Gasteiger partial charge in [0.1, 0.15) is 103 Å². The lowest BCUT2D eigenvalue weighted by Crippen LogP contribution is -2.53. The molecule has 6 unspecified atom stereocenters. The fourth-order valence-corrected chi connectivity index (χ4v) is 16.8. The van der Waals surface area contributed by atoms with E-state index in [9.17, 15) is 51.5 Å². The lowest BCUT2D eigenvalue weighted by Gasteiger charge is -2.39. The molecule has 1 aromatic heterocycles. The minimum atomic E-state index is -0.251. The van der Waals surface area contributed by atoms with Crippen molar-refractivity contribution >= 4 is 47.8 Å². The van der Waals surface area contributed by atoms with Crippen molar-refractivity contribution in [2.45, 2.75) is 269 Å². The first-order chi connectivity index (χ1) is 65.3. The monoisotopic (exact) mass is 1970 g/mol. The molecule has 0 N–H and O–H groups in total. The van der Waals surface area contributed by atoms with Crippen LogP contribution in [0.1, 0.15) is 286 Å². The zero-order valence-electron chi connectivity index (χ0n) is 94.3. The van der Waals surface area contributed by atoms with E-state index in [2.05, 4.69) is 172 Å². The van der Waals surface area contributed by atoms with E-state index < -0.39 is 0 Å². The molecule has 3 aromatic carbocycles. The van der Waals surface area contributed by atoms with Gasteiger partial charge in [-0.2, -0.15) is 0 Å². The summed E-state index contributed by atoms with van der Waals surface area (Å²) in [5.74, 6) is -1.66. The Kier molecular flexibility index (Phi) is 90.1. The first kappa shape index (κ1) is 143. The molecule has 0 aliphatic carbocycles. The number of carbonyl (C=O) groups is 8.